The molecule has 1 atom stereocenters. The first-order chi connectivity index (χ1) is 9.52. The van der Waals surface area contributed by atoms with Crippen molar-refractivity contribution >= 4 is 17.7 Å². The van der Waals surface area contributed by atoms with E-state index in [0.29, 0.717) is 25.3 Å². The van der Waals surface area contributed by atoms with Crippen molar-refractivity contribution in [2.45, 2.75) is 20.0 Å². The van der Waals surface area contributed by atoms with Crippen LogP contribution in [0.5, 0.6) is 0 Å². The first kappa shape index (κ1) is 16.0. The monoisotopic (exact) mass is 280 g/mol. The number of amides is 2. The van der Waals surface area contributed by atoms with E-state index in [0.717, 1.165) is 5.56 Å². The van der Waals surface area contributed by atoms with Gasteiger partial charge in [0.05, 0.1) is 12.5 Å². The van der Waals surface area contributed by atoms with Crippen LogP contribution in [0.15, 0.2) is 24.3 Å². The number of rotatable bonds is 7. The first-order valence-corrected chi connectivity index (χ1v) is 6.38. The van der Waals surface area contributed by atoms with Gasteiger partial charge in [0.2, 0.25) is 0 Å². The van der Waals surface area contributed by atoms with Gasteiger partial charge >= 0.3 is 12.0 Å². The molecule has 0 saturated carbocycles. The van der Waals surface area contributed by atoms with E-state index in [4.69, 9.17) is 9.84 Å². The summed E-state index contributed by atoms with van der Waals surface area (Å²) in [5.74, 6) is -1.33. The zero-order valence-corrected chi connectivity index (χ0v) is 11.7. The molecule has 0 aliphatic heterocycles. The number of carbonyl (C=O) groups is 2. The Labute approximate surface area is 118 Å². The standard InChI is InChI=1S/C14H20N2O4/c1-10(13(17)18)6-7-15-14(19)16-12-5-3-4-11(8-12)9-20-2/h3-5,8,10H,6-7,9H2,1-2H3,(H,17,18)(H2,15,16,19). The van der Waals surface area contributed by atoms with Crippen LogP contribution >= 0.6 is 0 Å². The van der Waals surface area contributed by atoms with Crippen molar-refractivity contribution < 1.29 is 19.4 Å². The second-order valence-electron chi connectivity index (χ2n) is 4.54. The van der Waals surface area contributed by atoms with Gasteiger partial charge < -0.3 is 20.5 Å². The van der Waals surface area contributed by atoms with Crippen LogP contribution in [0.1, 0.15) is 18.9 Å². The fourth-order valence-electron chi connectivity index (χ4n) is 1.61. The first-order valence-electron chi connectivity index (χ1n) is 6.38. The molecule has 0 spiro atoms. The van der Waals surface area contributed by atoms with Crippen LogP contribution in [0, 0.1) is 5.92 Å². The average Bonchev–Trinajstić information content (AvgIpc) is 2.39. The largest absolute Gasteiger partial charge is 0.481 e. The maximum absolute atomic E-state index is 11.6. The number of aliphatic carboxylic acids is 1. The molecule has 0 saturated heterocycles. The minimum absolute atomic E-state index is 0.317. The van der Waals surface area contributed by atoms with Crippen molar-refractivity contribution in [3.05, 3.63) is 29.8 Å². The topological polar surface area (TPSA) is 87.7 Å². The predicted molar refractivity (Wildman–Crippen MR) is 75.6 cm³/mol. The highest BCUT2D eigenvalue weighted by molar-refractivity contribution is 5.89. The van der Waals surface area contributed by atoms with Crippen LogP contribution in [0.2, 0.25) is 0 Å². The summed E-state index contributed by atoms with van der Waals surface area (Å²) in [7, 11) is 1.61. The minimum Gasteiger partial charge on any atom is -0.481 e. The molecule has 0 aliphatic carbocycles. The molecule has 6 nitrogen and oxygen atoms in total. The number of methoxy groups -OCH3 is 1. The number of benzene rings is 1. The lowest BCUT2D eigenvalue weighted by atomic mass is 10.1. The summed E-state index contributed by atoms with van der Waals surface area (Å²) in [5, 5.41) is 14.0. The Balaban J connectivity index is 2.38. The Bertz CT molecular complexity index is 462. The average molecular weight is 280 g/mol. The molecular formula is C14H20N2O4. The SMILES string of the molecule is COCc1cccc(NC(=O)NCCC(C)C(=O)O)c1. The summed E-state index contributed by atoms with van der Waals surface area (Å²) in [6.07, 6.45) is 0.395. The van der Waals surface area contributed by atoms with Gasteiger partial charge in [-0.2, -0.15) is 0 Å². The summed E-state index contributed by atoms with van der Waals surface area (Å²) in [6.45, 7) is 2.40. The lowest BCUT2D eigenvalue weighted by Crippen LogP contribution is -2.31. The fraction of sp³-hybridized carbons (Fsp3) is 0.429. The van der Waals surface area contributed by atoms with E-state index in [1.54, 1.807) is 20.1 Å². The highest BCUT2D eigenvalue weighted by Gasteiger charge is 2.10. The van der Waals surface area contributed by atoms with Gasteiger partial charge in [-0.15, -0.1) is 0 Å². The number of carboxylic acids is 1. The Hall–Kier alpha value is -2.08. The third kappa shape index (κ3) is 5.71. The number of urea groups is 1. The number of nitrogens with one attached hydrogen (secondary N) is 2. The zero-order valence-electron chi connectivity index (χ0n) is 11.7. The lowest BCUT2D eigenvalue weighted by molar-refractivity contribution is -0.141. The Kier molecular flexibility index (Phi) is 6.52. The number of carboxylic acid groups (broad SMARTS) is 1. The third-order valence-corrected chi connectivity index (χ3v) is 2.78. The molecular weight excluding hydrogens is 260 g/mol. The van der Waals surface area contributed by atoms with Crippen LogP contribution < -0.4 is 10.6 Å². The molecule has 0 heterocycles. The molecule has 20 heavy (non-hydrogen) atoms. The molecule has 0 bridgehead atoms. The van der Waals surface area contributed by atoms with Gasteiger partial charge in [0.1, 0.15) is 0 Å². The molecule has 3 N–H and O–H groups in total. The second kappa shape index (κ2) is 8.16. The maximum Gasteiger partial charge on any atom is 0.319 e. The van der Waals surface area contributed by atoms with Gasteiger partial charge in [-0.3, -0.25) is 4.79 Å². The quantitative estimate of drug-likeness (QED) is 0.713. The molecule has 0 aromatic heterocycles. The number of hydrogen-bond acceptors (Lipinski definition) is 3. The van der Waals surface area contributed by atoms with E-state index >= 15 is 0 Å². The normalized spacial score (nSPS) is 11.7. The van der Waals surface area contributed by atoms with Crippen molar-refractivity contribution in [2.75, 3.05) is 19.0 Å². The van der Waals surface area contributed by atoms with Gasteiger partial charge in [0.25, 0.3) is 0 Å². The number of hydrogen-bond donors (Lipinski definition) is 3. The van der Waals surface area contributed by atoms with E-state index in [2.05, 4.69) is 10.6 Å². The van der Waals surface area contributed by atoms with Crippen molar-refractivity contribution in [3.8, 4) is 0 Å². The predicted octanol–water partition coefficient (Wildman–Crippen LogP) is 2.07. The Morgan fingerprint density at radius 3 is 2.80 bits per heavy atom. The molecule has 0 radical (unpaired) electrons. The van der Waals surface area contributed by atoms with E-state index in [9.17, 15) is 9.59 Å². The molecule has 1 rings (SSSR count). The molecule has 6 heteroatoms. The summed E-state index contributed by atoms with van der Waals surface area (Å²) < 4.78 is 5.02. The van der Waals surface area contributed by atoms with Crippen LogP contribution in [-0.2, 0) is 16.1 Å². The third-order valence-electron chi connectivity index (χ3n) is 2.78. The van der Waals surface area contributed by atoms with E-state index in [1.807, 2.05) is 18.2 Å². The molecule has 2 amide bonds. The van der Waals surface area contributed by atoms with Gasteiger partial charge in [-0.05, 0) is 24.1 Å². The van der Waals surface area contributed by atoms with Crippen LogP contribution in [0.3, 0.4) is 0 Å². The van der Waals surface area contributed by atoms with Crippen LogP contribution in [0.4, 0.5) is 10.5 Å². The van der Waals surface area contributed by atoms with Crippen molar-refractivity contribution in [1.82, 2.24) is 5.32 Å². The summed E-state index contributed by atoms with van der Waals surface area (Å²) in [4.78, 5) is 22.3. The number of ether oxygens (including phenoxy) is 1. The minimum atomic E-state index is -0.862. The van der Waals surface area contributed by atoms with Crippen molar-refractivity contribution in [3.63, 3.8) is 0 Å². The summed E-state index contributed by atoms with van der Waals surface area (Å²) >= 11 is 0. The van der Waals surface area contributed by atoms with E-state index < -0.39 is 11.9 Å². The van der Waals surface area contributed by atoms with Gasteiger partial charge in [0.15, 0.2) is 0 Å². The summed E-state index contributed by atoms with van der Waals surface area (Å²) in [6, 6.07) is 6.98. The van der Waals surface area contributed by atoms with Crippen molar-refractivity contribution in [1.29, 1.82) is 0 Å². The van der Waals surface area contributed by atoms with Gasteiger partial charge in [-0.1, -0.05) is 19.1 Å². The molecule has 1 unspecified atom stereocenters. The fourth-order valence-corrected chi connectivity index (χ4v) is 1.61. The van der Waals surface area contributed by atoms with E-state index in [1.165, 1.54) is 0 Å². The molecule has 1 aromatic rings. The second-order valence-corrected chi connectivity index (χ2v) is 4.54. The maximum atomic E-state index is 11.6. The highest BCUT2D eigenvalue weighted by atomic mass is 16.5. The number of anilines is 1. The van der Waals surface area contributed by atoms with Gasteiger partial charge in [-0.25, -0.2) is 4.79 Å². The zero-order chi connectivity index (χ0) is 15.0. The number of carbonyl (C=O) groups excluding carboxylic acids is 1. The molecule has 0 fully saturated rings. The molecule has 1 aromatic carbocycles. The van der Waals surface area contributed by atoms with Crippen LogP contribution in [0.25, 0.3) is 0 Å². The summed E-state index contributed by atoms with van der Waals surface area (Å²) in [5.41, 5.74) is 1.63. The van der Waals surface area contributed by atoms with Crippen LogP contribution in [-0.4, -0.2) is 30.8 Å². The van der Waals surface area contributed by atoms with Crippen molar-refractivity contribution in [2.24, 2.45) is 5.92 Å². The lowest BCUT2D eigenvalue weighted by Gasteiger charge is -2.10. The van der Waals surface area contributed by atoms with Gasteiger partial charge in [0, 0.05) is 19.3 Å². The highest BCUT2D eigenvalue weighted by Crippen LogP contribution is 2.11. The molecule has 0 aliphatic rings. The Morgan fingerprint density at radius 1 is 1.40 bits per heavy atom. The Morgan fingerprint density at radius 2 is 2.15 bits per heavy atom. The smallest absolute Gasteiger partial charge is 0.319 e. The molecule has 110 valence electrons. The van der Waals surface area contributed by atoms with E-state index in [-0.39, 0.29) is 6.03 Å².